The molecule has 0 spiro atoms. The number of amides is 1. The van der Waals surface area contributed by atoms with Crippen LogP contribution in [-0.2, 0) is 11.2 Å². The molecule has 0 fully saturated rings. The Morgan fingerprint density at radius 1 is 1.38 bits per heavy atom. The minimum absolute atomic E-state index is 0.0535. The summed E-state index contributed by atoms with van der Waals surface area (Å²) in [6.07, 6.45) is 1.34. The van der Waals surface area contributed by atoms with Crippen molar-refractivity contribution in [1.82, 2.24) is 15.2 Å². The maximum Gasteiger partial charge on any atom is 0.224 e. The van der Waals surface area contributed by atoms with Crippen molar-refractivity contribution in [2.24, 2.45) is 0 Å². The summed E-state index contributed by atoms with van der Waals surface area (Å²) in [6.45, 7) is 3.67. The third-order valence-corrected chi connectivity index (χ3v) is 3.76. The van der Waals surface area contributed by atoms with Crippen molar-refractivity contribution < 1.29 is 4.79 Å². The second-order valence-corrected chi connectivity index (χ2v) is 6.04. The van der Waals surface area contributed by atoms with E-state index in [0.717, 1.165) is 35.1 Å². The Balaban J connectivity index is 2.00. The second kappa shape index (κ2) is 6.96. The van der Waals surface area contributed by atoms with Crippen LogP contribution in [-0.4, -0.2) is 43.0 Å². The lowest BCUT2D eigenvalue weighted by Gasteiger charge is -2.10. The molecule has 5 heteroatoms. The number of rotatable bonds is 6. The first kappa shape index (κ1) is 15.9. The molecule has 0 saturated heterocycles. The molecule has 0 bridgehead atoms. The summed E-state index contributed by atoms with van der Waals surface area (Å²) >= 11 is 6.05. The van der Waals surface area contributed by atoms with E-state index in [9.17, 15) is 4.79 Å². The predicted octanol–water partition coefficient (Wildman–Crippen LogP) is 2.74. The first-order valence-electron chi connectivity index (χ1n) is 7.15. The highest BCUT2D eigenvalue weighted by Crippen LogP contribution is 2.25. The molecule has 1 heterocycles. The Morgan fingerprint density at radius 2 is 2.14 bits per heavy atom. The highest BCUT2D eigenvalue weighted by atomic mass is 35.5. The Labute approximate surface area is 130 Å². The van der Waals surface area contributed by atoms with E-state index in [1.54, 1.807) is 0 Å². The van der Waals surface area contributed by atoms with E-state index in [0.29, 0.717) is 18.0 Å². The average Bonchev–Trinajstić information content (AvgIpc) is 2.71. The molecule has 0 radical (unpaired) electrons. The van der Waals surface area contributed by atoms with Gasteiger partial charge in [-0.15, -0.1) is 0 Å². The summed E-state index contributed by atoms with van der Waals surface area (Å²) in [5.74, 6) is 0.0535. The van der Waals surface area contributed by atoms with Gasteiger partial charge in [0.15, 0.2) is 0 Å². The van der Waals surface area contributed by atoms with Gasteiger partial charge in [0.2, 0.25) is 5.91 Å². The molecule has 4 nitrogen and oxygen atoms in total. The zero-order chi connectivity index (χ0) is 15.4. The normalized spacial score (nSPS) is 11.3. The first-order chi connectivity index (χ1) is 9.97. The van der Waals surface area contributed by atoms with Crippen LogP contribution in [0.1, 0.15) is 17.7 Å². The van der Waals surface area contributed by atoms with Gasteiger partial charge < -0.3 is 15.2 Å². The number of nitrogens with zero attached hydrogens (tertiary/aromatic N) is 1. The number of H-pyrrole nitrogens is 1. The zero-order valence-electron chi connectivity index (χ0n) is 12.8. The summed E-state index contributed by atoms with van der Waals surface area (Å²) in [4.78, 5) is 17.5. The van der Waals surface area contributed by atoms with Crippen LogP contribution in [0.2, 0.25) is 5.02 Å². The van der Waals surface area contributed by atoms with Crippen LogP contribution in [0.4, 0.5) is 0 Å². The second-order valence-electron chi connectivity index (χ2n) is 5.60. The number of aryl methyl sites for hydroxylation is 1. The van der Waals surface area contributed by atoms with Crippen molar-refractivity contribution in [3.05, 3.63) is 34.5 Å². The van der Waals surface area contributed by atoms with Crippen molar-refractivity contribution in [2.45, 2.75) is 19.8 Å². The lowest BCUT2D eigenvalue weighted by molar-refractivity contribution is -0.120. The smallest absolute Gasteiger partial charge is 0.224 e. The minimum atomic E-state index is 0.0535. The number of fused-ring (bicyclic) bond motifs is 1. The van der Waals surface area contributed by atoms with Crippen molar-refractivity contribution in [3.63, 3.8) is 0 Å². The largest absolute Gasteiger partial charge is 0.358 e. The van der Waals surface area contributed by atoms with Crippen LogP contribution in [0.3, 0.4) is 0 Å². The number of hydrogen-bond donors (Lipinski definition) is 2. The maximum atomic E-state index is 12.1. The molecule has 1 aromatic carbocycles. The summed E-state index contributed by atoms with van der Waals surface area (Å²) < 4.78 is 0. The van der Waals surface area contributed by atoms with Crippen LogP contribution in [0.25, 0.3) is 10.9 Å². The third kappa shape index (κ3) is 4.22. The number of benzene rings is 1. The minimum Gasteiger partial charge on any atom is -0.358 e. The molecular weight excluding hydrogens is 286 g/mol. The van der Waals surface area contributed by atoms with Gasteiger partial charge in [0.05, 0.1) is 6.42 Å². The van der Waals surface area contributed by atoms with E-state index < -0.39 is 0 Å². The van der Waals surface area contributed by atoms with Crippen molar-refractivity contribution in [3.8, 4) is 0 Å². The molecule has 0 saturated carbocycles. The van der Waals surface area contributed by atoms with E-state index >= 15 is 0 Å². The Morgan fingerprint density at radius 3 is 2.86 bits per heavy atom. The van der Waals surface area contributed by atoms with E-state index in [1.165, 1.54) is 0 Å². The summed E-state index contributed by atoms with van der Waals surface area (Å²) in [5.41, 5.74) is 3.07. The highest BCUT2D eigenvalue weighted by Gasteiger charge is 2.12. The van der Waals surface area contributed by atoms with Crippen molar-refractivity contribution in [1.29, 1.82) is 0 Å². The van der Waals surface area contributed by atoms with Crippen LogP contribution in [0.15, 0.2) is 18.2 Å². The first-order valence-corrected chi connectivity index (χ1v) is 7.53. The van der Waals surface area contributed by atoms with Gasteiger partial charge in [-0.3, -0.25) is 4.79 Å². The van der Waals surface area contributed by atoms with Crippen LogP contribution >= 0.6 is 11.6 Å². The van der Waals surface area contributed by atoms with Gasteiger partial charge in [0.25, 0.3) is 0 Å². The van der Waals surface area contributed by atoms with E-state index in [1.807, 2.05) is 39.2 Å². The van der Waals surface area contributed by atoms with Gasteiger partial charge in [-0.1, -0.05) is 11.6 Å². The summed E-state index contributed by atoms with van der Waals surface area (Å²) in [6, 6.07) is 5.71. The van der Waals surface area contributed by atoms with Crippen LogP contribution in [0.5, 0.6) is 0 Å². The van der Waals surface area contributed by atoms with Gasteiger partial charge in [-0.25, -0.2) is 0 Å². The lowest BCUT2D eigenvalue weighted by Crippen LogP contribution is -2.28. The number of carbonyl (C=O) groups excluding carboxylic acids is 1. The quantitative estimate of drug-likeness (QED) is 0.806. The van der Waals surface area contributed by atoms with E-state index in [-0.39, 0.29) is 5.91 Å². The number of halogens is 1. The topological polar surface area (TPSA) is 48.1 Å². The van der Waals surface area contributed by atoms with Gasteiger partial charge in [-0.05, 0) is 57.7 Å². The molecule has 0 unspecified atom stereocenters. The average molecular weight is 308 g/mol. The van der Waals surface area contributed by atoms with Gasteiger partial charge in [0, 0.05) is 28.2 Å². The predicted molar refractivity (Wildman–Crippen MR) is 87.9 cm³/mol. The molecule has 1 amide bonds. The fourth-order valence-corrected chi connectivity index (χ4v) is 2.60. The molecule has 0 aliphatic heterocycles. The Bertz CT molecular complexity index is 634. The molecule has 2 aromatic rings. The third-order valence-electron chi connectivity index (χ3n) is 3.52. The number of aromatic amines is 1. The van der Waals surface area contributed by atoms with Gasteiger partial charge in [0.1, 0.15) is 0 Å². The van der Waals surface area contributed by atoms with Gasteiger partial charge in [-0.2, -0.15) is 0 Å². The van der Waals surface area contributed by atoms with E-state index in [4.69, 9.17) is 11.6 Å². The van der Waals surface area contributed by atoms with Crippen LogP contribution < -0.4 is 5.32 Å². The Hall–Kier alpha value is -1.52. The van der Waals surface area contributed by atoms with Gasteiger partial charge >= 0.3 is 0 Å². The molecule has 1 aromatic heterocycles. The van der Waals surface area contributed by atoms with E-state index in [2.05, 4.69) is 15.2 Å². The number of hydrogen-bond acceptors (Lipinski definition) is 2. The highest BCUT2D eigenvalue weighted by molar-refractivity contribution is 6.31. The molecule has 0 atom stereocenters. The lowest BCUT2D eigenvalue weighted by atomic mass is 10.1. The summed E-state index contributed by atoms with van der Waals surface area (Å²) in [5, 5.41) is 4.69. The van der Waals surface area contributed by atoms with Crippen molar-refractivity contribution in [2.75, 3.05) is 27.2 Å². The monoisotopic (exact) mass is 307 g/mol. The molecule has 21 heavy (non-hydrogen) atoms. The number of carbonyl (C=O) groups is 1. The standard InChI is InChI=1S/C16H22ClN3O/c1-11-13(10-16(21)18-7-4-8-20(2)3)14-9-12(17)5-6-15(14)19-11/h5-6,9,19H,4,7-8,10H2,1-3H3,(H,18,21). The molecule has 2 N–H and O–H groups in total. The number of aromatic nitrogens is 1. The molecule has 2 rings (SSSR count). The maximum absolute atomic E-state index is 12.1. The summed E-state index contributed by atoms with van der Waals surface area (Å²) in [7, 11) is 4.06. The SMILES string of the molecule is Cc1[nH]c2ccc(Cl)cc2c1CC(=O)NCCCN(C)C. The fraction of sp³-hybridized carbons (Fsp3) is 0.438. The molecular formula is C16H22ClN3O. The zero-order valence-corrected chi connectivity index (χ0v) is 13.5. The molecule has 114 valence electrons. The fourth-order valence-electron chi connectivity index (χ4n) is 2.43. The van der Waals surface area contributed by atoms with Crippen molar-refractivity contribution >= 4 is 28.4 Å². The Kier molecular flexibility index (Phi) is 5.26. The molecule has 0 aliphatic carbocycles. The van der Waals surface area contributed by atoms with Crippen LogP contribution in [0, 0.1) is 6.92 Å². The number of nitrogens with one attached hydrogen (secondary N) is 2. The molecule has 0 aliphatic rings.